The number of carbonyl (C=O) groups is 1. The van der Waals surface area contributed by atoms with Gasteiger partial charge in [0.25, 0.3) is 0 Å². The first-order valence-electron chi connectivity index (χ1n) is 4.82. The van der Waals surface area contributed by atoms with E-state index in [1.807, 2.05) is 0 Å². The van der Waals surface area contributed by atoms with E-state index in [1.165, 1.54) is 25.7 Å². The minimum absolute atomic E-state index is 0.460. The third-order valence-electron chi connectivity index (χ3n) is 3.25. The second kappa shape index (κ2) is 2.62. The summed E-state index contributed by atoms with van der Waals surface area (Å²) in [5.74, 6) is 3.21. The second-order valence-electron chi connectivity index (χ2n) is 4.15. The molecular formula is C10H16O. The van der Waals surface area contributed by atoms with Crippen molar-refractivity contribution < 1.29 is 4.79 Å². The molecule has 0 spiro atoms. The van der Waals surface area contributed by atoms with Gasteiger partial charge in [0.2, 0.25) is 0 Å². The molecular weight excluding hydrogens is 136 g/mol. The Labute approximate surface area is 68.2 Å². The van der Waals surface area contributed by atoms with Gasteiger partial charge >= 0.3 is 0 Å². The van der Waals surface area contributed by atoms with Gasteiger partial charge in [-0.05, 0) is 30.6 Å². The predicted molar refractivity (Wildman–Crippen MR) is 44.2 cm³/mol. The van der Waals surface area contributed by atoms with Gasteiger partial charge in [-0.15, -0.1) is 0 Å². The zero-order chi connectivity index (χ0) is 7.84. The number of rotatable bonds is 4. The van der Waals surface area contributed by atoms with Crippen LogP contribution in [0.3, 0.4) is 0 Å². The Morgan fingerprint density at radius 2 is 2.18 bits per heavy atom. The van der Waals surface area contributed by atoms with Crippen molar-refractivity contribution in [2.75, 3.05) is 0 Å². The van der Waals surface area contributed by atoms with Gasteiger partial charge in [0.1, 0.15) is 6.29 Å². The van der Waals surface area contributed by atoms with Gasteiger partial charge in [-0.3, -0.25) is 0 Å². The first-order valence-corrected chi connectivity index (χ1v) is 4.82. The van der Waals surface area contributed by atoms with Crippen LogP contribution in [0.15, 0.2) is 0 Å². The van der Waals surface area contributed by atoms with Gasteiger partial charge < -0.3 is 4.79 Å². The molecule has 1 heteroatoms. The average molecular weight is 152 g/mol. The van der Waals surface area contributed by atoms with Crippen LogP contribution in [0.25, 0.3) is 0 Å². The van der Waals surface area contributed by atoms with Crippen molar-refractivity contribution in [2.24, 2.45) is 23.7 Å². The van der Waals surface area contributed by atoms with Gasteiger partial charge in [-0.1, -0.05) is 19.8 Å². The van der Waals surface area contributed by atoms with E-state index in [4.69, 9.17) is 0 Å². The summed E-state index contributed by atoms with van der Waals surface area (Å²) in [6.07, 6.45) is 6.50. The standard InChI is InChI=1S/C10H16O/c1-2-3-7-4-9(7)10-5-8(10)6-11/h6-10H,2-5H2,1H3/t7-,8?,9-,10?/m1/s1. The largest absolute Gasteiger partial charge is 0.303 e. The minimum Gasteiger partial charge on any atom is -0.303 e. The monoisotopic (exact) mass is 152 g/mol. The topological polar surface area (TPSA) is 17.1 Å². The van der Waals surface area contributed by atoms with E-state index in [9.17, 15) is 4.79 Å². The zero-order valence-electron chi connectivity index (χ0n) is 7.12. The van der Waals surface area contributed by atoms with Crippen LogP contribution in [0.4, 0.5) is 0 Å². The van der Waals surface area contributed by atoms with Crippen molar-refractivity contribution in [1.82, 2.24) is 0 Å². The van der Waals surface area contributed by atoms with E-state index >= 15 is 0 Å². The molecule has 0 aliphatic heterocycles. The molecule has 2 aliphatic rings. The number of hydrogen-bond acceptors (Lipinski definition) is 1. The van der Waals surface area contributed by atoms with Crippen molar-refractivity contribution >= 4 is 6.29 Å². The van der Waals surface area contributed by atoms with Crippen LogP contribution in [0.2, 0.25) is 0 Å². The van der Waals surface area contributed by atoms with Crippen LogP contribution in [0.1, 0.15) is 32.6 Å². The van der Waals surface area contributed by atoms with Crippen molar-refractivity contribution in [2.45, 2.75) is 32.6 Å². The molecule has 0 aromatic heterocycles. The van der Waals surface area contributed by atoms with Crippen LogP contribution in [-0.2, 0) is 4.79 Å². The molecule has 0 heterocycles. The summed E-state index contributed by atoms with van der Waals surface area (Å²) < 4.78 is 0. The molecule has 4 atom stereocenters. The summed E-state index contributed by atoms with van der Waals surface area (Å²) >= 11 is 0. The Hall–Kier alpha value is -0.330. The Bertz CT molecular complexity index is 164. The highest BCUT2D eigenvalue weighted by atomic mass is 16.1. The summed E-state index contributed by atoms with van der Waals surface area (Å²) in [6, 6.07) is 0. The highest BCUT2D eigenvalue weighted by Gasteiger charge is 2.52. The van der Waals surface area contributed by atoms with Crippen LogP contribution in [-0.4, -0.2) is 6.29 Å². The van der Waals surface area contributed by atoms with Gasteiger partial charge in [0, 0.05) is 5.92 Å². The van der Waals surface area contributed by atoms with E-state index in [0.717, 1.165) is 24.0 Å². The molecule has 0 radical (unpaired) electrons. The first kappa shape index (κ1) is 7.33. The summed E-state index contributed by atoms with van der Waals surface area (Å²) in [5, 5.41) is 0. The third kappa shape index (κ3) is 1.33. The lowest BCUT2D eigenvalue weighted by Gasteiger charge is -1.93. The first-order chi connectivity index (χ1) is 5.36. The lowest BCUT2D eigenvalue weighted by molar-refractivity contribution is -0.109. The van der Waals surface area contributed by atoms with Gasteiger partial charge in [0.15, 0.2) is 0 Å². The van der Waals surface area contributed by atoms with Crippen molar-refractivity contribution in [3.8, 4) is 0 Å². The van der Waals surface area contributed by atoms with E-state index in [1.54, 1.807) is 0 Å². The minimum atomic E-state index is 0.460. The van der Waals surface area contributed by atoms with Gasteiger partial charge in [-0.25, -0.2) is 0 Å². The van der Waals surface area contributed by atoms with Crippen molar-refractivity contribution in [3.63, 3.8) is 0 Å². The van der Waals surface area contributed by atoms with Gasteiger partial charge in [0.05, 0.1) is 0 Å². The molecule has 0 N–H and O–H groups in total. The molecule has 62 valence electrons. The average Bonchev–Trinajstić information content (AvgIpc) is 2.80. The Morgan fingerprint density at radius 3 is 2.73 bits per heavy atom. The molecule has 11 heavy (non-hydrogen) atoms. The molecule has 2 aliphatic carbocycles. The maximum absolute atomic E-state index is 10.4. The van der Waals surface area contributed by atoms with Crippen LogP contribution in [0.5, 0.6) is 0 Å². The molecule has 0 aromatic carbocycles. The fourth-order valence-corrected chi connectivity index (χ4v) is 2.38. The van der Waals surface area contributed by atoms with E-state index in [-0.39, 0.29) is 0 Å². The SMILES string of the molecule is CCC[C@@H]1C[C@H]1C1CC1C=O. The quantitative estimate of drug-likeness (QED) is 0.565. The molecule has 2 fully saturated rings. The fourth-order valence-electron chi connectivity index (χ4n) is 2.38. The summed E-state index contributed by atoms with van der Waals surface area (Å²) in [4.78, 5) is 10.4. The van der Waals surface area contributed by atoms with Crippen LogP contribution < -0.4 is 0 Å². The van der Waals surface area contributed by atoms with Gasteiger partial charge in [-0.2, -0.15) is 0 Å². The molecule has 0 bridgehead atoms. The summed E-state index contributed by atoms with van der Waals surface area (Å²) in [6.45, 7) is 2.25. The Morgan fingerprint density at radius 1 is 1.36 bits per heavy atom. The smallest absolute Gasteiger partial charge is 0.123 e. The highest BCUT2D eigenvalue weighted by molar-refractivity contribution is 5.58. The molecule has 2 rings (SSSR count). The number of aldehydes is 1. The van der Waals surface area contributed by atoms with Crippen LogP contribution in [0, 0.1) is 23.7 Å². The molecule has 0 amide bonds. The predicted octanol–water partition coefficient (Wildman–Crippen LogP) is 2.26. The fraction of sp³-hybridized carbons (Fsp3) is 0.900. The second-order valence-corrected chi connectivity index (χ2v) is 4.15. The molecule has 0 aromatic rings. The summed E-state index contributed by atoms with van der Waals surface area (Å²) in [5.41, 5.74) is 0. The summed E-state index contributed by atoms with van der Waals surface area (Å²) in [7, 11) is 0. The number of carbonyl (C=O) groups excluding carboxylic acids is 1. The molecule has 2 saturated carbocycles. The van der Waals surface area contributed by atoms with E-state index < -0.39 is 0 Å². The maximum atomic E-state index is 10.4. The van der Waals surface area contributed by atoms with Crippen molar-refractivity contribution in [1.29, 1.82) is 0 Å². The normalized spacial score (nSPS) is 47.0. The highest BCUT2D eigenvalue weighted by Crippen LogP contribution is 2.58. The number of hydrogen-bond donors (Lipinski definition) is 0. The zero-order valence-corrected chi connectivity index (χ0v) is 7.12. The van der Waals surface area contributed by atoms with Crippen LogP contribution >= 0.6 is 0 Å². The Balaban J connectivity index is 1.72. The molecule has 0 saturated heterocycles. The molecule has 1 nitrogen and oxygen atoms in total. The molecule has 2 unspecified atom stereocenters. The van der Waals surface area contributed by atoms with E-state index in [0.29, 0.717) is 5.92 Å². The third-order valence-corrected chi connectivity index (χ3v) is 3.25. The lowest BCUT2D eigenvalue weighted by atomic mass is 10.1. The van der Waals surface area contributed by atoms with E-state index in [2.05, 4.69) is 6.92 Å². The lowest BCUT2D eigenvalue weighted by Crippen LogP contribution is -1.89. The Kier molecular flexibility index (Phi) is 1.74. The maximum Gasteiger partial charge on any atom is 0.123 e. The van der Waals surface area contributed by atoms with Crippen molar-refractivity contribution in [3.05, 3.63) is 0 Å².